The van der Waals surface area contributed by atoms with Gasteiger partial charge < -0.3 is 8.23 Å². The van der Waals surface area contributed by atoms with E-state index >= 15 is 0 Å². The molecule has 0 spiro atoms. The van der Waals surface area contributed by atoms with Gasteiger partial charge in [-0.3, -0.25) is 0 Å². The zero-order valence-electron chi connectivity index (χ0n) is 10.4. The van der Waals surface area contributed by atoms with Gasteiger partial charge in [0, 0.05) is 0 Å². The first-order valence-corrected chi connectivity index (χ1v) is 14.8. The zero-order valence-corrected chi connectivity index (χ0v) is 14.2. The van der Waals surface area contributed by atoms with Gasteiger partial charge in [-0.1, -0.05) is 0 Å². The minimum Gasteiger partial charge on any atom is -0.436 e. The van der Waals surface area contributed by atoms with E-state index in [9.17, 15) is 0 Å². The van der Waals surface area contributed by atoms with Crippen molar-refractivity contribution in [1.82, 2.24) is 0 Å². The molecule has 2 nitrogen and oxygen atoms in total. The lowest BCUT2D eigenvalue weighted by atomic mass is 11.8. The lowest BCUT2D eigenvalue weighted by Crippen LogP contribution is -2.54. The fraction of sp³-hybridized carbons (Fsp3) is 1.00. The molecule has 0 atom stereocenters. The normalized spacial score (nSPS) is 14.6. The minimum atomic E-state index is -2.11. The van der Waals surface area contributed by atoms with Crippen molar-refractivity contribution in [2.24, 2.45) is 0 Å². The molecule has 0 fully saturated rings. The predicted molar refractivity (Wildman–Crippen MR) is 71.2 cm³/mol. The fourth-order valence-electron chi connectivity index (χ4n) is 1.37. The highest BCUT2D eigenvalue weighted by atomic mass is 35.5. The molecule has 86 valence electrons. The Balaban J connectivity index is 4.49. The zero-order chi connectivity index (χ0) is 11.6. The Labute approximate surface area is 96.5 Å². The van der Waals surface area contributed by atoms with E-state index in [0.717, 1.165) is 0 Å². The van der Waals surface area contributed by atoms with Gasteiger partial charge >= 0.3 is 8.56 Å². The number of alkyl halides is 1. The largest absolute Gasteiger partial charge is 0.436 e. The number of rotatable bonds is 5. The smallest absolute Gasteiger partial charge is 0.329 e. The van der Waals surface area contributed by atoms with Crippen LogP contribution in [-0.4, -0.2) is 30.7 Å². The number of hydrogen-bond acceptors (Lipinski definition) is 2. The van der Waals surface area contributed by atoms with Gasteiger partial charge in [0.2, 0.25) is 0 Å². The molecule has 0 aromatic carbocycles. The van der Waals surface area contributed by atoms with Gasteiger partial charge in [0.1, 0.15) is 0 Å². The van der Waals surface area contributed by atoms with Crippen molar-refractivity contribution in [3.05, 3.63) is 0 Å². The Morgan fingerprint density at radius 3 is 1.21 bits per heavy atom. The molecule has 0 saturated heterocycles. The summed E-state index contributed by atoms with van der Waals surface area (Å²) in [6.07, 6.45) is 0. The average molecular weight is 271 g/mol. The van der Waals surface area contributed by atoms with Crippen LogP contribution in [0, 0.1) is 0 Å². The van der Waals surface area contributed by atoms with Crippen molar-refractivity contribution in [2.45, 2.75) is 45.8 Å². The molecular formula is C8H23ClO2Si3. The van der Waals surface area contributed by atoms with Gasteiger partial charge in [0.15, 0.2) is 16.6 Å². The van der Waals surface area contributed by atoms with Crippen LogP contribution >= 0.6 is 11.6 Å². The van der Waals surface area contributed by atoms with Gasteiger partial charge in [-0.2, -0.15) is 0 Å². The summed E-state index contributed by atoms with van der Waals surface area (Å²) in [6, 6.07) is 0. The first-order valence-electron chi connectivity index (χ1n) is 4.94. The number of halogens is 1. The molecule has 6 heteroatoms. The van der Waals surface area contributed by atoms with Crippen molar-refractivity contribution < 1.29 is 8.23 Å². The minimum absolute atomic E-state index is 0.529. The average Bonchev–Trinajstić information content (AvgIpc) is 1.78. The summed E-state index contributed by atoms with van der Waals surface area (Å²) in [5.74, 6) is 0. The summed E-state index contributed by atoms with van der Waals surface area (Å²) in [4.78, 5) is 0. The lowest BCUT2D eigenvalue weighted by molar-refractivity contribution is 0.393. The molecule has 0 saturated carbocycles. The molecule has 0 aromatic rings. The molecule has 0 bridgehead atoms. The summed E-state index contributed by atoms with van der Waals surface area (Å²) in [7, 11) is -5.18. The maximum absolute atomic E-state index is 6.11. The molecular weight excluding hydrogens is 248 g/mol. The second-order valence-electron chi connectivity index (χ2n) is 5.70. The summed E-state index contributed by atoms with van der Waals surface area (Å²) in [5.41, 5.74) is 0.529. The maximum Gasteiger partial charge on any atom is 0.329 e. The summed E-state index contributed by atoms with van der Waals surface area (Å²) in [6.45, 7) is 15.2. The molecule has 0 aromatic heterocycles. The quantitative estimate of drug-likeness (QED) is 0.562. The van der Waals surface area contributed by atoms with Crippen molar-refractivity contribution >= 4 is 36.8 Å². The second-order valence-corrected chi connectivity index (χ2v) is 19.1. The van der Waals surface area contributed by atoms with Gasteiger partial charge in [0.25, 0.3) is 0 Å². The molecule has 0 aliphatic heterocycles. The highest BCUT2D eigenvalue weighted by molar-refractivity contribution is 6.90. The molecule has 0 heterocycles. The Morgan fingerprint density at radius 2 is 1.07 bits per heavy atom. The Hall–Kier alpha value is 0.861. The van der Waals surface area contributed by atoms with E-state index in [1.54, 1.807) is 0 Å². The van der Waals surface area contributed by atoms with E-state index in [4.69, 9.17) is 19.8 Å². The van der Waals surface area contributed by atoms with Crippen molar-refractivity contribution in [1.29, 1.82) is 0 Å². The summed E-state index contributed by atoms with van der Waals surface area (Å²) < 4.78 is 12.2. The van der Waals surface area contributed by atoms with Crippen molar-refractivity contribution in [2.75, 3.05) is 5.50 Å². The molecule has 0 radical (unpaired) electrons. The van der Waals surface area contributed by atoms with E-state index in [-0.39, 0.29) is 0 Å². The van der Waals surface area contributed by atoms with E-state index in [1.807, 2.05) is 0 Å². The summed E-state index contributed by atoms with van der Waals surface area (Å²) >= 11 is 5.98. The SMILES string of the molecule is C[Si](C)(C)O[Si](C)(CCl)O[Si](C)(C)C. The molecule has 0 aliphatic carbocycles. The van der Waals surface area contributed by atoms with E-state index in [0.29, 0.717) is 5.50 Å². The topological polar surface area (TPSA) is 18.5 Å². The van der Waals surface area contributed by atoms with Gasteiger partial charge in [0.05, 0.1) is 5.50 Å². The standard InChI is InChI=1S/C8H23ClO2Si3/c1-12(2,3)10-14(7,8-9)11-13(4,5)6/h8H2,1-7H3. The third-order valence-electron chi connectivity index (χ3n) is 1.29. The van der Waals surface area contributed by atoms with Crippen LogP contribution in [0.25, 0.3) is 0 Å². The van der Waals surface area contributed by atoms with Crippen LogP contribution in [0.1, 0.15) is 0 Å². The van der Waals surface area contributed by atoms with Crippen LogP contribution in [0.15, 0.2) is 0 Å². The van der Waals surface area contributed by atoms with Gasteiger partial charge in [-0.15, -0.1) is 11.6 Å². The first-order chi connectivity index (χ1) is 5.97. The van der Waals surface area contributed by atoms with Crippen LogP contribution in [0.3, 0.4) is 0 Å². The first kappa shape index (κ1) is 14.9. The molecule has 14 heavy (non-hydrogen) atoms. The van der Waals surface area contributed by atoms with E-state index in [1.165, 1.54) is 0 Å². The van der Waals surface area contributed by atoms with Crippen LogP contribution < -0.4 is 0 Å². The van der Waals surface area contributed by atoms with Crippen LogP contribution in [0.2, 0.25) is 45.8 Å². The molecule has 0 unspecified atom stereocenters. The van der Waals surface area contributed by atoms with E-state index < -0.39 is 25.2 Å². The monoisotopic (exact) mass is 270 g/mol. The Morgan fingerprint density at radius 1 is 0.786 bits per heavy atom. The van der Waals surface area contributed by atoms with Crippen LogP contribution in [0.4, 0.5) is 0 Å². The van der Waals surface area contributed by atoms with Gasteiger partial charge in [-0.25, -0.2) is 0 Å². The van der Waals surface area contributed by atoms with Crippen LogP contribution in [-0.2, 0) is 8.23 Å². The van der Waals surface area contributed by atoms with Crippen molar-refractivity contribution in [3.8, 4) is 0 Å². The maximum atomic E-state index is 6.11. The summed E-state index contributed by atoms with van der Waals surface area (Å²) in [5, 5.41) is 0. The molecule has 0 rings (SSSR count). The van der Waals surface area contributed by atoms with Gasteiger partial charge in [-0.05, 0) is 45.8 Å². The molecule has 0 amide bonds. The second kappa shape index (κ2) is 4.80. The highest BCUT2D eigenvalue weighted by Crippen LogP contribution is 2.21. The third-order valence-corrected chi connectivity index (χ3v) is 11.6. The van der Waals surface area contributed by atoms with Crippen LogP contribution in [0.5, 0.6) is 0 Å². The third kappa shape index (κ3) is 7.19. The Bertz CT molecular complexity index is 170. The molecule has 0 aliphatic rings. The van der Waals surface area contributed by atoms with E-state index in [2.05, 4.69) is 45.8 Å². The Kier molecular flexibility index (Phi) is 5.09. The lowest BCUT2D eigenvalue weighted by Gasteiger charge is -2.37. The highest BCUT2D eigenvalue weighted by Gasteiger charge is 2.39. The number of hydrogen-bond donors (Lipinski definition) is 0. The fourth-order valence-corrected chi connectivity index (χ4v) is 13.7. The predicted octanol–water partition coefficient (Wildman–Crippen LogP) is 3.54. The van der Waals surface area contributed by atoms with Crippen molar-refractivity contribution in [3.63, 3.8) is 0 Å². The molecule has 0 N–H and O–H groups in total.